The summed E-state index contributed by atoms with van der Waals surface area (Å²) in [5.74, 6) is 0.892. The number of aromatic nitrogens is 2. The highest BCUT2D eigenvalue weighted by molar-refractivity contribution is 7.10. The number of rotatable bonds is 4. The molecule has 1 aromatic carbocycles. The first-order chi connectivity index (χ1) is 13.8. The SMILES string of the molecule is O=C(NC[C@@H]1OCCc2sccc21)[C@@H]1CCCN1c1ncnc2ccccc12. The second-order valence-electron chi connectivity index (χ2n) is 7.22. The van der Waals surface area contributed by atoms with Gasteiger partial charge in [-0.15, -0.1) is 11.3 Å². The highest BCUT2D eigenvalue weighted by Gasteiger charge is 2.33. The molecule has 0 aliphatic carbocycles. The smallest absolute Gasteiger partial charge is 0.242 e. The lowest BCUT2D eigenvalue weighted by molar-refractivity contribution is -0.123. The monoisotopic (exact) mass is 394 g/mol. The lowest BCUT2D eigenvalue weighted by atomic mass is 10.1. The predicted octanol–water partition coefficient (Wildman–Crippen LogP) is 3.09. The molecule has 0 radical (unpaired) electrons. The second kappa shape index (κ2) is 7.48. The number of thiophene rings is 1. The first-order valence-corrected chi connectivity index (χ1v) is 10.6. The number of para-hydroxylation sites is 1. The Morgan fingerprint density at radius 3 is 3.18 bits per heavy atom. The van der Waals surface area contributed by atoms with Crippen LogP contribution in [0.15, 0.2) is 42.0 Å². The molecule has 0 bridgehead atoms. The molecule has 1 amide bonds. The van der Waals surface area contributed by atoms with Crippen molar-refractivity contribution in [2.45, 2.75) is 31.4 Å². The van der Waals surface area contributed by atoms with Crippen LogP contribution in [0.4, 0.5) is 5.82 Å². The van der Waals surface area contributed by atoms with Crippen LogP contribution in [0.5, 0.6) is 0 Å². The molecule has 4 heterocycles. The molecular weight excluding hydrogens is 372 g/mol. The number of benzene rings is 1. The van der Waals surface area contributed by atoms with Gasteiger partial charge in [-0.3, -0.25) is 4.79 Å². The number of amides is 1. The fourth-order valence-electron chi connectivity index (χ4n) is 4.22. The van der Waals surface area contributed by atoms with Gasteiger partial charge in [0.05, 0.1) is 12.1 Å². The van der Waals surface area contributed by atoms with Gasteiger partial charge in [0.25, 0.3) is 0 Å². The fraction of sp³-hybridized carbons (Fsp3) is 0.381. The Bertz CT molecular complexity index is 999. The third-order valence-corrected chi connectivity index (χ3v) is 6.58. The molecule has 6 nitrogen and oxygen atoms in total. The van der Waals surface area contributed by atoms with E-state index in [1.165, 1.54) is 10.4 Å². The van der Waals surface area contributed by atoms with E-state index in [2.05, 4.69) is 31.6 Å². The molecule has 144 valence electrons. The van der Waals surface area contributed by atoms with E-state index in [0.717, 1.165) is 49.1 Å². The Morgan fingerprint density at radius 2 is 2.21 bits per heavy atom. The Kier molecular flexibility index (Phi) is 4.70. The Balaban J connectivity index is 1.32. The maximum absolute atomic E-state index is 13.0. The van der Waals surface area contributed by atoms with Gasteiger partial charge in [0.1, 0.15) is 24.3 Å². The van der Waals surface area contributed by atoms with Gasteiger partial charge in [-0.1, -0.05) is 12.1 Å². The van der Waals surface area contributed by atoms with Crippen molar-refractivity contribution in [3.05, 3.63) is 52.5 Å². The van der Waals surface area contributed by atoms with Crippen LogP contribution in [-0.4, -0.2) is 41.6 Å². The standard InChI is InChI=1S/C21H22N4O2S/c26-21(22-12-18-15-8-11-28-19(15)7-10-27-18)17-6-3-9-25(17)20-14-4-1-2-5-16(14)23-13-24-20/h1-2,4-5,8,11,13,17-18H,3,6-7,9-10,12H2,(H,22,26)/t17-,18-/m0/s1. The highest BCUT2D eigenvalue weighted by atomic mass is 32.1. The quantitative estimate of drug-likeness (QED) is 0.737. The number of hydrogen-bond donors (Lipinski definition) is 1. The van der Waals surface area contributed by atoms with E-state index in [0.29, 0.717) is 6.54 Å². The summed E-state index contributed by atoms with van der Waals surface area (Å²) in [5, 5.41) is 6.22. The molecule has 0 spiro atoms. The summed E-state index contributed by atoms with van der Waals surface area (Å²) in [7, 11) is 0. The number of carbonyl (C=O) groups excluding carboxylic acids is 1. The van der Waals surface area contributed by atoms with E-state index in [4.69, 9.17) is 4.74 Å². The van der Waals surface area contributed by atoms with Crippen LogP contribution >= 0.6 is 11.3 Å². The molecule has 2 aromatic heterocycles. The Hall–Kier alpha value is -2.51. The van der Waals surface area contributed by atoms with E-state index >= 15 is 0 Å². The molecule has 1 saturated heterocycles. The lowest BCUT2D eigenvalue weighted by Gasteiger charge is -2.28. The van der Waals surface area contributed by atoms with Gasteiger partial charge >= 0.3 is 0 Å². The van der Waals surface area contributed by atoms with Gasteiger partial charge in [0.2, 0.25) is 5.91 Å². The molecule has 1 fully saturated rings. The third kappa shape index (κ3) is 3.14. The molecule has 7 heteroatoms. The van der Waals surface area contributed by atoms with Crippen LogP contribution in [0.3, 0.4) is 0 Å². The number of carbonyl (C=O) groups is 1. The number of nitrogens with one attached hydrogen (secondary N) is 1. The average molecular weight is 395 g/mol. The molecule has 2 atom stereocenters. The van der Waals surface area contributed by atoms with Crippen LogP contribution in [0.25, 0.3) is 10.9 Å². The van der Waals surface area contributed by atoms with Crippen LogP contribution in [-0.2, 0) is 16.0 Å². The zero-order valence-corrected chi connectivity index (χ0v) is 16.3. The maximum Gasteiger partial charge on any atom is 0.242 e. The zero-order chi connectivity index (χ0) is 18.9. The number of anilines is 1. The molecule has 2 aliphatic rings. The fourth-order valence-corrected chi connectivity index (χ4v) is 5.13. The van der Waals surface area contributed by atoms with Crippen molar-refractivity contribution in [1.29, 1.82) is 0 Å². The first kappa shape index (κ1) is 17.6. The summed E-state index contributed by atoms with van der Waals surface area (Å²) >= 11 is 1.77. The van der Waals surface area contributed by atoms with E-state index < -0.39 is 0 Å². The lowest BCUT2D eigenvalue weighted by Crippen LogP contribution is -2.45. The molecule has 0 saturated carbocycles. The van der Waals surface area contributed by atoms with Crippen LogP contribution in [0, 0.1) is 0 Å². The molecular formula is C21H22N4O2S. The van der Waals surface area contributed by atoms with Gasteiger partial charge in [-0.05, 0) is 42.0 Å². The zero-order valence-electron chi connectivity index (χ0n) is 15.5. The summed E-state index contributed by atoms with van der Waals surface area (Å²) in [4.78, 5) is 25.4. The summed E-state index contributed by atoms with van der Waals surface area (Å²) in [6.07, 6.45) is 4.31. The van der Waals surface area contributed by atoms with Crippen molar-refractivity contribution in [3.8, 4) is 0 Å². The number of ether oxygens (including phenoxy) is 1. The van der Waals surface area contributed by atoms with Crippen molar-refractivity contribution in [2.75, 3.05) is 24.6 Å². The predicted molar refractivity (Wildman–Crippen MR) is 110 cm³/mol. The van der Waals surface area contributed by atoms with Crippen LogP contribution in [0.1, 0.15) is 29.4 Å². The number of fused-ring (bicyclic) bond motifs is 2. The van der Waals surface area contributed by atoms with Crippen molar-refractivity contribution in [3.63, 3.8) is 0 Å². The van der Waals surface area contributed by atoms with Crippen LogP contribution < -0.4 is 10.2 Å². The molecule has 28 heavy (non-hydrogen) atoms. The Morgan fingerprint density at radius 1 is 1.29 bits per heavy atom. The van der Waals surface area contributed by atoms with E-state index in [1.54, 1.807) is 17.7 Å². The average Bonchev–Trinajstić information content (AvgIpc) is 3.41. The molecule has 0 unspecified atom stereocenters. The summed E-state index contributed by atoms with van der Waals surface area (Å²) in [6, 6.07) is 9.86. The maximum atomic E-state index is 13.0. The van der Waals surface area contributed by atoms with Gasteiger partial charge in [-0.25, -0.2) is 9.97 Å². The normalized spacial score (nSPS) is 21.6. The third-order valence-electron chi connectivity index (χ3n) is 5.59. The van der Waals surface area contributed by atoms with Crippen molar-refractivity contribution in [2.24, 2.45) is 0 Å². The minimum Gasteiger partial charge on any atom is -0.371 e. The minimum atomic E-state index is -0.205. The molecule has 3 aromatic rings. The first-order valence-electron chi connectivity index (χ1n) is 9.73. The van der Waals surface area contributed by atoms with E-state index in [-0.39, 0.29) is 18.1 Å². The van der Waals surface area contributed by atoms with Gasteiger partial charge in [-0.2, -0.15) is 0 Å². The van der Waals surface area contributed by atoms with Crippen LogP contribution in [0.2, 0.25) is 0 Å². The topological polar surface area (TPSA) is 67.3 Å². The minimum absolute atomic E-state index is 0.0474. The summed E-state index contributed by atoms with van der Waals surface area (Å²) in [5.41, 5.74) is 2.13. The Labute approximate surface area is 167 Å². The van der Waals surface area contributed by atoms with E-state index in [9.17, 15) is 4.79 Å². The molecule has 2 aliphatic heterocycles. The van der Waals surface area contributed by atoms with Gasteiger partial charge in [0, 0.05) is 29.8 Å². The second-order valence-corrected chi connectivity index (χ2v) is 8.22. The number of nitrogens with zero attached hydrogens (tertiary/aromatic N) is 3. The van der Waals surface area contributed by atoms with Crippen molar-refractivity contribution >= 4 is 34.0 Å². The number of hydrogen-bond acceptors (Lipinski definition) is 6. The molecule has 5 rings (SSSR count). The van der Waals surface area contributed by atoms with E-state index in [1.807, 2.05) is 24.3 Å². The summed E-state index contributed by atoms with van der Waals surface area (Å²) in [6.45, 7) is 2.06. The largest absolute Gasteiger partial charge is 0.371 e. The van der Waals surface area contributed by atoms with Gasteiger partial charge in [0.15, 0.2) is 0 Å². The molecule has 1 N–H and O–H groups in total. The van der Waals surface area contributed by atoms with Crippen molar-refractivity contribution in [1.82, 2.24) is 15.3 Å². The highest BCUT2D eigenvalue weighted by Crippen LogP contribution is 2.32. The summed E-state index contributed by atoms with van der Waals surface area (Å²) < 4.78 is 5.90. The van der Waals surface area contributed by atoms with Gasteiger partial charge < -0.3 is 15.0 Å². The van der Waals surface area contributed by atoms with Crippen molar-refractivity contribution < 1.29 is 9.53 Å².